The van der Waals surface area contributed by atoms with Crippen LogP contribution in [0, 0.1) is 23.7 Å². The van der Waals surface area contributed by atoms with Gasteiger partial charge in [0, 0.05) is 0 Å². The third-order valence-corrected chi connectivity index (χ3v) is 6.66. The summed E-state index contributed by atoms with van der Waals surface area (Å²) in [6.45, 7) is 23.3. The van der Waals surface area contributed by atoms with E-state index in [9.17, 15) is 0 Å². The van der Waals surface area contributed by atoms with Gasteiger partial charge in [-0.2, -0.15) is 0 Å². The van der Waals surface area contributed by atoms with Crippen LogP contribution in [0.4, 0.5) is 0 Å². The van der Waals surface area contributed by atoms with Gasteiger partial charge in [0.15, 0.2) is 0 Å². The van der Waals surface area contributed by atoms with Gasteiger partial charge in [-0.15, -0.1) is 0 Å². The Hall–Kier alpha value is -0.0400. The Morgan fingerprint density at radius 3 is 1.20 bits per heavy atom. The Kier molecular flexibility index (Phi) is 11.6. The summed E-state index contributed by atoms with van der Waals surface area (Å²) < 4.78 is 6.56. The highest BCUT2D eigenvalue weighted by molar-refractivity contribution is 4.78. The van der Waals surface area contributed by atoms with Gasteiger partial charge in [0.25, 0.3) is 0 Å². The Balaban J connectivity index is 4.23. The van der Waals surface area contributed by atoms with Crippen molar-refractivity contribution in [2.75, 3.05) is 0 Å². The van der Waals surface area contributed by atoms with Crippen LogP contribution >= 0.6 is 0 Å². The van der Waals surface area contributed by atoms with E-state index in [1.807, 2.05) is 0 Å². The summed E-state index contributed by atoms with van der Waals surface area (Å²) in [6.07, 6.45) is 10.1. The first kappa shape index (κ1) is 25.0. The van der Waals surface area contributed by atoms with Crippen LogP contribution in [0.15, 0.2) is 0 Å². The first-order valence-corrected chi connectivity index (χ1v) is 11.1. The predicted molar refractivity (Wildman–Crippen MR) is 114 cm³/mol. The molecule has 0 amide bonds. The van der Waals surface area contributed by atoms with E-state index in [0.29, 0.717) is 0 Å². The summed E-state index contributed by atoms with van der Waals surface area (Å²) in [6, 6.07) is 0. The molecule has 1 nitrogen and oxygen atoms in total. The lowest BCUT2D eigenvalue weighted by molar-refractivity contribution is -0.131. The van der Waals surface area contributed by atoms with Crippen molar-refractivity contribution in [2.45, 2.75) is 132 Å². The molecule has 0 saturated carbocycles. The molecule has 0 aromatic carbocycles. The molecular formula is C24H50O. The van der Waals surface area contributed by atoms with Crippen LogP contribution in [0.5, 0.6) is 0 Å². The molecule has 0 bridgehead atoms. The smallest absolute Gasteiger partial charge is 0.0633 e. The maximum Gasteiger partial charge on any atom is 0.0633 e. The molecule has 0 heterocycles. The molecule has 0 aromatic rings. The maximum atomic E-state index is 6.56. The second kappa shape index (κ2) is 11.6. The highest BCUT2D eigenvalue weighted by Gasteiger charge is 2.29. The van der Waals surface area contributed by atoms with Crippen molar-refractivity contribution in [3.63, 3.8) is 0 Å². The highest BCUT2D eigenvalue weighted by Crippen LogP contribution is 2.31. The Morgan fingerprint density at radius 2 is 0.920 bits per heavy atom. The molecule has 0 aliphatic heterocycles. The van der Waals surface area contributed by atoms with E-state index in [1.165, 1.54) is 51.4 Å². The molecule has 152 valence electrons. The van der Waals surface area contributed by atoms with Crippen molar-refractivity contribution in [3.8, 4) is 0 Å². The van der Waals surface area contributed by atoms with E-state index >= 15 is 0 Å². The summed E-state index contributed by atoms with van der Waals surface area (Å²) >= 11 is 0. The zero-order chi connectivity index (χ0) is 19.7. The standard InChI is InChI=1S/C24H50O/c1-11-19(3)21(5)15-13-17-23(7,8)25-24(9,10)18-14-16-22(6)20(4)12-2/h19-22H,11-18H2,1-10H3. The van der Waals surface area contributed by atoms with E-state index in [1.54, 1.807) is 0 Å². The van der Waals surface area contributed by atoms with Crippen molar-refractivity contribution in [3.05, 3.63) is 0 Å². The van der Waals surface area contributed by atoms with Crippen LogP contribution in [0.25, 0.3) is 0 Å². The first-order valence-electron chi connectivity index (χ1n) is 11.1. The van der Waals surface area contributed by atoms with Crippen molar-refractivity contribution in [1.29, 1.82) is 0 Å². The normalized spacial score (nSPS) is 18.0. The van der Waals surface area contributed by atoms with Gasteiger partial charge in [-0.1, -0.05) is 80.1 Å². The van der Waals surface area contributed by atoms with Gasteiger partial charge < -0.3 is 4.74 Å². The summed E-state index contributed by atoms with van der Waals surface area (Å²) in [4.78, 5) is 0. The predicted octanol–water partition coefficient (Wildman–Crippen LogP) is 8.27. The number of rotatable bonds is 14. The van der Waals surface area contributed by atoms with Crippen LogP contribution < -0.4 is 0 Å². The van der Waals surface area contributed by atoms with Crippen molar-refractivity contribution >= 4 is 0 Å². The van der Waals surface area contributed by atoms with Gasteiger partial charge in [-0.25, -0.2) is 0 Å². The molecule has 0 rings (SSSR count). The van der Waals surface area contributed by atoms with E-state index in [4.69, 9.17) is 4.74 Å². The summed E-state index contributed by atoms with van der Waals surface area (Å²) in [7, 11) is 0. The Morgan fingerprint density at radius 1 is 0.600 bits per heavy atom. The largest absolute Gasteiger partial charge is 0.370 e. The minimum atomic E-state index is -0.0129. The molecule has 0 saturated heterocycles. The van der Waals surface area contributed by atoms with Crippen molar-refractivity contribution in [1.82, 2.24) is 0 Å². The summed E-state index contributed by atoms with van der Waals surface area (Å²) in [5.74, 6) is 3.34. The zero-order valence-corrected chi connectivity index (χ0v) is 19.4. The van der Waals surface area contributed by atoms with Crippen molar-refractivity contribution in [2.24, 2.45) is 23.7 Å². The fourth-order valence-corrected chi connectivity index (χ4v) is 3.92. The molecule has 0 aliphatic carbocycles. The fourth-order valence-electron chi connectivity index (χ4n) is 3.92. The molecule has 1 heteroatoms. The van der Waals surface area contributed by atoms with E-state index in [-0.39, 0.29) is 11.2 Å². The number of hydrogen-bond acceptors (Lipinski definition) is 1. The lowest BCUT2D eigenvalue weighted by Gasteiger charge is -2.37. The minimum absolute atomic E-state index is 0.0129. The fraction of sp³-hybridized carbons (Fsp3) is 1.00. The van der Waals surface area contributed by atoms with Crippen LogP contribution in [0.3, 0.4) is 0 Å². The minimum Gasteiger partial charge on any atom is -0.370 e. The maximum absolute atomic E-state index is 6.56. The van der Waals surface area contributed by atoms with E-state index < -0.39 is 0 Å². The van der Waals surface area contributed by atoms with Gasteiger partial charge in [-0.3, -0.25) is 0 Å². The summed E-state index contributed by atoms with van der Waals surface area (Å²) in [5, 5.41) is 0. The molecule has 0 N–H and O–H groups in total. The molecule has 4 atom stereocenters. The third kappa shape index (κ3) is 11.3. The molecular weight excluding hydrogens is 304 g/mol. The SMILES string of the molecule is CCC(C)C(C)CCCC(C)(C)OC(C)(C)CCCC(C)C(C)CC. The van der Waals surface area contributed by atoms with Gasteiger partial charge in [0.2, 0.25) is 0 Å². The Labute approximate surface area is 160 Å². The quantitative estimate of drug-likeness (QED) is 0.305. The second-order valence-electron chi connectivity index (χ2n) is 10.1. The first-order chi connectivity index (χ1) is 11.4. The zero-order valence-electron chi connectivity index (χ0n) is 19.4. The molecule has 4 unspecified atom stereocenters. The molecule has 0 spiro atoms. The number of ether oxygens (including phenoxy) is 1. The van der Waals surface area contributed by atoms with E-state index in [0.717, 1.165) is 23.7 Å². The van der Waals surface area contributed by atoms with Crippen LogP contribution in [0.2, 0.25) is 0 Å². The molecule has 25 heavy (non-hydrogen) atoms. The highest BCUT2D eigenvalue weighted by atomic mass is 16.5. The van der Waals surface area contributed by atoms with Crippen molar-refractivity contribution < 1.29 is 4.74 Å². The van der Waals surface area contributed by atoms with Gasteiger partial charge >= 0.3 is 0 Å². The van der Waals surface area contributed by atoms with Crippen LogP contribution in [0.1, 0.15) is 121 Å². The molecule has 0 fully saturated rings. The molecule has 0 aliphatic rings. The monoisotopic (exact) mass is 354 g/mol. The summed E-state index contributed by atoms with van der Waals surface area (Å²) in [5.41, 5.74) is -0.0258. The van der Waals surface area contributed by atoms with Gasteiger partial charge in [0.05, 0.1) is 11.2 Å². The topological polar surface area (TPSA) is 9.23 Å². The van der Waals surface area contributed by atoms with Gasteiger partial charge in [0.1, 0.15) is 0 Å². The lowest BCUT2D eigenvalue weighted by Crippen LogP contribution is -2.37. The number of hydrogen-bond donors (Lipinski definition) is 0. The second-order valence-corrected chi connectivity index (χ2v) is 10.1. The van der Waals surface area contributed by atoms with Crippen LogP contribution in [-0.4, -0.2) is 11.2 Å². The molecule has 0 radical (unpaired) electrons. The average molecular weight is 355 g/mol. The van der Waals surface area contributed by atoms with Gasteiger partial charge in [-0.05, 0) is 64.2 Å². The average Bonchev–Trinajstić information content (AvgIpc) is 2.51. The van der Waals surface area contributed by atoms with E-state index in [2.05, 4.69) is 69.2 Å². The van der Waals surface area contributed by atoms with Crippen LogP contribution in [-0.2, 0) is 4.74 Å². The third-order valence-electron chi connectivity index (χ3n) is 6.66. The molecule has 0 aromatic heterocycles. The Bertz CT molecular complexity index is 299. The lowest BCUT2D eigenvalue weighted by atomic mass is 9.86.